The standard InChI is InChI=1S/C22H27NO4/c1-25-17-8-6-16(7-9-17)22(12-4-5-13-22)15-23-21(24)19-11-10-18(26-2)14-20(19)27-3/h6-11,14H,4-5,12-13,15H2,1-3H3,(H,23,24). The molecule has 0 heterocycles. The zero-order chi connectivity index (χ0) is 19.3. The third-order valence-electron chi connectivity index (χ3n) is 5.50. The monoisotopic (exact) mass is 369 g/mol. The average molecular weight is 369 g/mol. The van der Waals surface area contributed by atoms with Crippen LogP contribution in [0.15, 0.2) is 42.5 Å². The molecule has 0 bridgehead atoms. The van der Waals surface area contributed by atoms with Crippen molar-refractivity contribution in [1.29, 1.82) is 0 Å². The van der Waals surface area contributed by atoms with Crippen LogP contribution in [0.1, 0.15) is 41.6 Å². The van der Waals surface area contributed by atoms with Crippen LogP contribution in [0.4, 0.5) is 0 Å². The number of benzene rings is 2. The summed E-state index contributed by atoms with van der Waals surface area (Å²) in [5.41, 5.74) is 1.74. The van der Waals surface area contributed by atoms with Crippen molar-refractivity contribution >= 4 is 5.91 Å². The Labute approximate surface area is 160 Å². The van der Waals surface area contributed by atoms with Gasteiger partial charge in [-0.2, -0.15) is 0 Å². The van der Waals surface area contributed by atoms with Crippen LogP contribution in [-0.4, -0.2) is 33.8 Å². The van der Waals surface area contributed by atoms with Crippen molar-refractivity contribution in [2.45, 2.75) is 31.1 Å². The van der Waals surface area contributed by atoms with Gasteiger partial charge in [-0.3, -0.25) is 4.79 Å². The summed E-state index contributed by atoms with van der Waals surface area (Å²) in [6, 6.07) is 13.4. The lowest BCUT2D eigenvalue weighted by molar-refractivity contribution is 0.0940. The van der Waals surface area contributed by atoms with Gasteiger partial charge in [0.15, 0.2) is 0 Å². The lowest BCUT2D eigenvalue weighted by Crippen LogP contribution is -2.39. The van der Waals surface area contributed by atoms with Crippen LogP contribution in [0.5, 0.6) is 17.2 Å². The van der Waals surface area contributed by atoms with Gasteiger partial charge in [-0.05, 0) is 42.7 Å². The van der Waals surface area contributed by atoms with E-state index in [2.05, 4.69) is 17.4 Å². The van der Waals surface area contributed by atoms with Crippen LogP contribution in [0.25, 0.3) is 0 Å². The minimum absolute atomic E-state index is 0.0262. The summed E-state index contributed by atoms with van der Waals surface area (Å²) in [4.78, 5) is 12.8. The Morgan fingerprint density at radius 1 is 0.926 bits per heavy atom. The molecule has 27 heavy (non-hydrogen) atoms. The number of rotatable bonds is 7. The quantitative estimate of drug-likeness (QED) is 0.803. The summed E-state index contributed by atoms with van der Waals surface area (Å²) in [5.74, 6) is 1.89. The predicted octanol–water partition coefficient (Wildman–Crippen LogP) is 3.95. The fraction of sp³-hybridized carbons (Fsp3) is 0.409. The molecule has 1 fully saturated rings. The smallest absolute Gasteiger partial charge is 0.255 e. The fourth-order valence-electron chi connectivity index (χ4n) is 3.89. The molecule has 1 aliphatic rings. The topological polar surface area (TPSA) is 56.8 Å². The molecule has 0 spiro atoms. The Kier molecular flexibility index (Phi) is 5.89. The van der Waals surface area contributed by atoms with Gasteiger partial charge < -0.3 is 19.5 Å². The highest BCUT2D eigenvalue weighted by Gasteiger charge is 2.36. The Morgan fingerprint density at radius 3 is 2.15 bits per heavy atom. The molecule has 1 aliphatic carbocycles. The lowest BCUT2D eigenvalue weighted by atomic mass is 9.78. The highest BCUT2D eigenvalue weighted by atomic mass is 16.5. The molecule has 2 aromatic carbocycles. The van der Waals surface area contributed by atoms with Crippen molar-refractivity contribution in [2.75, 3.05) is 27.9 Å². The maximum atomic E-state index is 12.8. The highest BCUT2D eigenvalue weighted by Crippen LogP contribution is 2.41. The van der Waals surface area contributed by atoms with Crippen molar-refractivity contribution in [3.05, 3.63) is 53.6 Å². The van der Waals surface area contributed by atoms with Crippen LogP contribution >= 0.6 is 0 Å². The molecule has 1 amide bonds. The van der Waals surface area contributed by atoms with E-state index in [0.29, 0.717) is 23.6 Å². The third kappa shape index (κ3) is 4.02. The van der Waals surface area contributed by atoms with Crippen molar-refractivity contribution in [2.24, 2.45) is 0 Å². The summed E-state index contributed by atoms with van der Waals surface area (Å²) >= 11 is 0. The normalized spacial score (nSPS) is 15.2. The van der Waals surface area contributed by atoms with E-state index >= 15 is 0 Å². The fourth-order valence-corrected chi connectivity index (χ4v) is 3.89. The first-order valence-corrected chi connectivity index (χ1v) is 9.26. The minimum atomic E-state index is -0.130. The first-order valence-electron chi connectivity index (χ1n) is 9.26. The second-order valence-corrected chi connectivity index (χ2v) is 6.96. The van der Waals surface area contributed by atoms with E-state index < -0.39 is 0 Å². The number of carbonyl (C=O) groups is 1. The molecule has 0 saturated heterocycles. The molecular formula is C22H27NO4. The Hall–Kier alpha value is -2.69. The summed E-state index contributed by atoms with van der Waals surface area (Å²) < 4.78 is 15.8. The van der Waals surface area contributed by atoms with Gasteiger partial charge in [0.25, 0.3) is 5.91 Å². The first kappa shape index (κ1) is 19.1. The van der Waals surface area contributed by atoms with Gasteiger partial charge in [0.1, 0.15) is 17.2 Å². The number of amides is 1. The van der Waals surface area contributed by atoms with Crippen molar-refractivity contribution in [3.8, 4) is 17.2 Å². The van der Waals surface area contributed by atoms with E-state index in [1.807, 2.05) is 12.1 Å². The predicted molar refractivity (Wildman–Crippen MR) is 105 cm³/mol. The van der Waals surface area contributed by atoms with Gasteiger partial charge >= 0.3 is 0 Å². The summed E-state index contributed by atoms with van der Waals surface area (Å²) in [7, 11) is 4.82. The SMILES string of the molecule is COc1ccc(C2(CNC(=O)c3ccc(OC)cc3OC)CCCC2)cc1. The van der Waals surface area contributed by atoms with E-state index in [9.17, 15) is 4.79 Å². The van der Waals surface area contributed by atoms with Gasteiger partial charge in [-0.1, -0.05) is 25.0 Å². The molecule has 0 aromatic heterocycles. The van der Waals surface area contributed by atoms with E-state index in [1.54, 1.807) is 39.5 Å². The zero-order valence-electron chi connectivity index (χ0n) is 16.2. The van der Waals surface area contributed by atoms with Gasteiger partial charge in [0.05, 0.1) is 26.9 Å². The number of ether oxygens (including phenoxy) is 3. The number of methoxy groups -OCH3 is 3. The summed E-state index contributed by atoms with van der Waals surface area (Å²) in [6.07, 6.45) is 4.49. The van der Waals surface area contributed by atoms with Crippen LogP contribution in [0, 0.1) is 0 Å². The van der Waals surface area contributed by atoms with E-state index in [-0.39, 0.29) is 11.3 Å². The van der Waals surface area contributed by atoms with E-state index in [4.69, 9.17) is 14.2 Å². The second-order valence-electron chi connectivity index (χ2n) is 6.96. The van der Waals surface area contributed by atoms with Gasteiger partial charge in [-0.15, -0.1) is 0 Å². The van der Waals surface area contributed by atoms with Gasteiger partial charge in [-0.25, -0.2) is 0 Å². The van der Waals surface area contributed by atoms with Crippen LogP contribution in [0.2, 0.25) is 0 Å². The Balaban J connectivity index is 1.77. The molecule has 2 aromatic rings. The largest absolute Gasteiger partial charge is 0.497 e. The molecule has 5 heteroatoms. The van der Waals surface area contributed by atoms with Crippen LogP contribution in [-0.2, 0) is 5.41 Å². The Bertz CT molecular complexity index is 779. The molecule has 0 radical (unpaired) electrons. The highest BCUT2D eigenvalue weighted by molar-refractivity contribution is 5.97. The number of hydrogen-bond donors (Lipinski definition) is 1. The lowest BCUT2D eigenvalue weighted by Gasteiger charge is -2.30. The van der Waals surface area contributed by atoms with Crippen LogP contribution in [0.3, 0.4) is 0 Å². The maximum Gasteiger partial charge on any atom is 0.255 e. The van der Waals surface area contributed by atoms with Crippen molar-refractivity contribution in [1.82, 2.24) is 5.32 Å². The molecule has 5 nitrogen and oxygen atoms in total. The summed E-state index contributed by atoms with van der Waals surface area (Å²) in [5, 5.41) is 3.13. The second kappa shape index (κ2) is 8.33. The van der Waals surface area contributed by atoms with Crippen molar-refractivity contribution < 1.29 is 19.0 Å². The van der Waals surface area contributed by atoms with Crippen LogP contribution < -0.4 is 19.5 Å². The molecule has 0 atom stereocenters. The number of hydrogen-bond acceptors (Lipinski definition) is 4. The van der Waals surface area contributed by atoms with E-state index in [0.717, 1.165) is 18.6 Å². The first-order chi connectivity index (χ1) is 13.1. The minimum Gasteiger partial charge on any atom is -0.497 e. The summed E-state index contributed by atoms with van der Waals surface area (Å²) in [6.45, 7) is 0.605. The molecular weight excluding hydrogens is 342 g/mol. The molecule has 1 saturated carbocycles. The molecule has 1 N–H and O–H groups in total. The third-order valence-corrected chi connectivity index (χ3v) is 5.50. The van der Waals surface area contributed by atoms with Crippen molar-refractivity contribution in [3.63, 3.8) is 0 Å². The van der Waals surface area contributed by atoms with Gasteiger partial charge in [0.2, 0.25) is 0 Å². The van der Waals surface area contributed by atoms with E-state index in [1.165, 1.54) is 18.4 Å². The Morgan fingerprint density at radius 2 is 1.56 bits per heavy atom. The average Bonchev–Trinajstić information content (AvgIpc) is 3.21. The molecule has 144 valence electrons. The van der Waals surface area contributed by atoms with Gasteiger partial charge in [0, 0.05) is 18.0 Å². The maximum absolute atomic E-state index is 12.8. The number of carbonyl (C=O) groups excluding carboxylic acids is 1. The molecule has 3 rings (SSSR count). The molecule has 0 unspecified atom stereocenters. The zero-order valence-corrected chi connectivity index (χ0v) is 16.2. The number of nitrogens with one attached hydrogen (secondary N) is 1. The molecule has 0 aliphatic heterocycles.